The maximum atomic E-state index is 12.4. The van der Waals surface area contributed by atoms with Crippen molar-refractivity contribution in [3.8, 4) is 0 Å². The number of rotatable bonds is 2. The quantitative estimate of drug-likeness (QED) is 0.575. The van der Waals surface area contributed by atoms with E-state index < -0.39 is 28.5 Å². The molecule has 1 heterocycles. The first-order valence-electron chi connectivity index (χ1n) is 3.88. The van der Waals surface area contributed by atoms with E-state index in [4.69, 9.17) is 11.6 Å². The van der Waals surface area contributed by atoms with Crippen molar-refractivity contribution in [3.05, 3.63) is 27.5 Å². The zero-order chi connectivity index (χ0) is 12.5. The van der Waals surface area contributed by atoms with Gasteiger partial charge in [-0.25, -0.2) is 13.8 Å². The third-order valence-electron chi connectivity index (χ3n) is 1.69. The second kappa shape index (κ2) is 4.83. The van der Waals surface area contributed by atoms with Crippen molar-refractivity contribution in [1.29, 1.82) is 0 Å². The maximum Gasteiger partial charge on any atom is 0.434 e. The van der Waals surface area contributed by atoms with Crippen molar-refractivity contribution >= 4 is 27.5 Å². The zero-order valence-electron chi connectivity index (χ0n) is 7.45. The molecule has 0 spiro atoms. The Hall–Kier alpha value is -0.430. The van der Waals surface area contributed by atoms with Gasteiger partial charge in [0, 0.05) is 5.88 Å². The summed E-state index contributed by atoms with van der Waals surface area (Å²) in [4.78, 5) is 2.87. The van der Waals surface area contributed by atoms with E-state index in [1.165, 1.54) is 0 Å². The average molecular weight is 324 g/mol. The summed E-state index contributed by atoms with van der Waals surface area (Å²) < 4.78 is 61.5. The second-order valence-corrected chi connectivity index (χ2v) is 3.86. The molecule has 0 radical (unpaired) electrons. The van der Waals surface area contributed by atoms with E-state index in [1.807, 2.05) is 0 Å². The summed E-state index contributed by atoms with van der Waals surface area (Å²) in [5, 5.41) is 0. The lowest BCUT2D eigenvalue weighted by Crippen LogP contribution is -2.12. The van der Waals surface area contributed by atoms with Crippen LogP contribution in [0, 0.1) is 0 Å². The summed E-state index contributed by atoms with van der Waals surface area (Å²) in [6.45, 7) is 0. The van der Waals surface area contributed by atoms with Crippen LogP contribution < -0.4 is 0 Å². The average Bonchev–Trinajstić information content (AvgIpc) is 2.15. The molecule has 0 unspecified atom stereocenters. The summed E-state index contributed by atoms with van der Waals surface area (Å²) in [6.07, 6.45) is -7.87. The van der Waals surface area contributed by atoms with E-state index in [2.05, 4.69) is 20.9 Å². The minimum Gasteiger partial charge on any atom is -0.241 e. The minimum absolute atomic E-state index is 0.0701. The van der Waals surface area contributed by atoms with Gasteiger partial charge < -0.3 is 0 Å². The Kier molecular flexibility index (Phi) is 4.12. The highest BCUT2D eigenvalue weighted by Gasteiger charge is 2.37. The number of halogens is 7. The second-order valence-electron chi connectivity index (χ2n) is 2.80. The van der Waals surface area contributed by atoms with Crippen LogP contribution in [0.2, 0.25) is 0 Å². The van der Waals surface area contributed by atoms with Gasteiger partial charge in [0.05, 0.1) is 4.47 Å². The Morgan fingerprint density at radius 3 is 2.31 bits per heavy atom. The Labute approximate surface area is 101 Å². The number of alkyl halides is 6. The van der Waals surface area contributed by atoms with Crippen LogP contribution in [-0.2, 0) is 12.1 Å². The number of hydrogen-bond acceptors (Lipinski definition) is 1. The van der Waals surface area contributed by atoms with Gasteiger partial charge in [0.2, 0.25) is 0 Å². The van der Waals surface area contributed by atoms with Gasteiger partial charge in [0.1, 0.15) is 5.69 Å². The first-order valence-corrected chi connectivity index (χ1v) is 5.20. The molecule has 1 aromatic heterocycles. The summed E-state index contributed by atoms with van der Waals surface area (Å²) in [6, 6.07) is 0.844. The fourth-order valence-corrected chi connectivity index (χ4v) is 1.94. The molecule has 16 heavy (non-hydrogen) atoms. The van der Waals surface area contributed by atoms with E-state index in [1.54, 1.807) is 0 Å². The minimum atomic E-state index is -4.80. The van der Waals surface area contributed by atoms with Gasteiger partial charge in [-0.15, -0.1) is 11.6 Å². The highest BCUT2D eigenvalue weighted by molar-refractivity contribution is 9.10. The molecule has 1 nitrogen and oxygen atoms in total. The zero-order valence-corrected chi connectivity index (χ0v) is 9.80. The van der Waals surface area contributed by atoms with Crippen LogP contribution in [0.15, 0.2) is 10.5 Å². The normalized spacial score (nSPS) is 12.2. The summed E-state index contributed by atoms with van der Waals surface area (Å²) >= 11 is 8.01. The number of hydrogen-bond donors (Lipinski definition) is 0. The molecule has 90 valence electrons. The van der Waals surface area contributed by atoms with Crippen LogP contribution in [0.3, 0.4) is 0 Å². The Morgan fingerprint density at radius 1 is 1.38 bits per heavy atom. The number of nitrogens with zero attached hydrogens (tertiary/aromatic N) is 1. The molecule has 0 saturated heterocycles. The largest absolute Gasteiger partial charge is 0.434 e. The van der Waals surface area contributed by atoms with Crippen molar-refractivity contribution in [2.24, 2.45) is 0 Å². The standard InChI is InChI=1S/C8H4BrClF5N/c9-5-3(2-10)1-4(7(11)12)16-6(5)8(13,14)15/h1,7H,2H2. The van der Waals surface area contributed by atoms with Crippen LogP contribution in [0.1, 0.15) is 23.4 Å². The molecule has 0 fully saturated rings. The first-order chi connectivity index (χ1) is 7.27. The van der Waals surface area contributed by atoms with Crippen molar-refractivity contribution in [1.82, 2.24) is 4.98 Å². The molecule has 0 bridgehead atoms. The smallest absolute Gasteiger partial charge is 0.241 e. The van der Waals surface area contributed by atoms with Gasteiger partial charge in [-0.1, -0.05) is 0 Å². The monoisotopic (exact) mass is 323 g/mol. The molecule has 0 atom stereocenters. The fraction of sp³-hybridized carbons (Fsp3) is 0.375. The predicted octanol–water partition coefficient (Wildman–Crippen LogP) is 4.54. The molecule has 0 amide bonds. The van der Waals surface area contributed by atoms with Crippen LogP contribution in [0.25, 0.3) is 0 Å². The third-order valence-corrected chi connectivity index (χ3v) is 2.86. The molecule has 0 N–H and O–H groups in total. The van der Waals surface area contributed by atoms with Crippen LogP contribution in [0.4, 0.5) is 22.0 Å². The molecule has 8 heteroatoms. The van der Waals surface area contributed by atoms with Gasteiger partial charge in [-0.3, -0.25) is 0 Å². The van der Waals surface area contributed by atoms with Crippen molar-refractivity contribution < 1.29 is 22.0 Å². The Bertz CT molecular complexity index is 393. The van der Waals surface area contributed by atoms with Gasteiger partial charge in [0.25, 0.3) is 6.43 Å². The third kappa shape index (κ3) is 2.82. The summed E-state index contributed by atoms with van der Waals surface area (Å²) in [7, 11) is 0. The van der Waals surface area contributed by atoms with Crippen LogP contribution in [0.5, 0.6) is 0 Å². The molecule has 0 aromatic carbocycles. The van der Waals surface area contributed by atoms with Gasteiger partial charge in [-0.05, 0) is 27.6 Å². The number of pyridine rings is 1. The fourth-order valence-electron chi connectivity index (χ4n) is 1.00. The SMILES string of the molecule is FC(F)c1cc(CCl)c(Br)c(C(F)(F)F)n1. The van der Waals surface area contributed by atoms with E-state index in [-0.39, 0.29) is 11.4 Å². The maximum absolute atomic E-state index is 12.4. The van der Waals surface area contributed by atoms with E-state index >= 15 is 0 Å². The molecule has 1 rings (SSSR count). The van der Waals surface area contributed by atoms with E-state index in [9.17, 15) is 22.0 Å². The molecule has 1 aromatic rings. The molecule has 0 saturated carbocycles. The van der Waals surface area contributed by atoms with E-state index in [0.717, 1.165) is 6.07 Å². The number of aromatic nitrogens is 1. The highest BCUT2D eigenvalue weighted by atomic mass is 79.9. The van der Waals surface area contributed by atoms with Crippen molar-refractivity contribution in [2.75, 3.05) is 0 Å². The molecule has 0 aliphatic heterocycles. The molecule has 0 aliphatic carbocycles. The topological polar surface area (TPSA) is 12.9 Å². The van der Waals surface area contributed by atoms with Gasteiger partial charge in [-0.2, -0.15) is 13.2 Å². The van der Waals surface area contributed by atoms with Crippen molar-refractivity contribution in [3.63, 3.8) is 0 Å². The van der Waals surface area contributed by atoms with E-state index in [0.29, 0.717) is 0 Å². The highest BCUT2D eigenvalue weighted by Crippen LogP contribution is 2.37. The van der Waals surface area contributed by atoms with Gasteiger partial charge in [0.15, 0.2) is 5.69 Å². The van der Waals surface area contributed by atoms with Crippen LogP contribution >= 0.6 is 27.5 Å². The molecule has 0 aliphatic rings. The lowest BCUT2D eigenvalue weighted by molar-refractivity contribution is -0.142. The molecular weight excluding hydrogens is 320 g/mol. The first kappa shape index (κ1) is 13.6. The van der Waals surface area contributed by atoms with Gasteiger partial charge >= 0.3 is 6.18 Å². The lowest BCUT2D eigenvalue weighted by atomic mass is 10.2. The summed E-state index contributed by atoms with van der Waals surface area (Å²) in [5.41, 5.74) is -2.40. The van der Waals surface area contributed by atoms with Crippen molar-refractivity contribution in [2.45, 2.75) is 18.5 Å². The van der Waals surface area contributed by atoms with Crippen LogP contribution in [-0.4, -0.2) is 4.98 Å². The molecular formula is C8H4BrClF5N. The summed E-state index contributed by atoms with van der Waals surface area (Å²) in [5.74, 6) is -0.314. The Balaban J connectivity index is 3.42. The Morgan fingerprint density at radius 2 is 1.94 bits per heavy atom. The predicted molar refractivity (Wildman–Crippen MR) is 51.5 cm³/mol. The lowest BCUT2D eigenvalue weighted by Gasteiger charge is -2.12.